The van der Waals surface area contributed by atoms with Crippen LogP contribution in [0.4, 0.5) is 0 Å². The van der Waals surface area contributed by atoms with Crippen molar-refractivity contribution >= 4 is 7.60 Å². The lowest BCUT2D eigenvalue weighted by Crippen LogP contribution is -2.14. The van der Waals surface area contributed by atoms with E-state index in [9.17, 15) is 9.46 Å². The molecule has 1 saturated carbocycles. The first-order chi connectivity index (χ1) is 8.17. The van der Waals surface area contributed by atoms with Gasteiger partial charge in [-0.25, -0.2) is 0 Å². The molecule has 102 valence electrons. The Hall–Kier alpha value is 0.150. The van der Waals surface area contributed by atoms with E-state index in [0.717, 1.165) is 38.5 Å². The van der Waals surface area contributed by atoms with Gasteiger partial charge in [-0.05, 0) is 19.3 Å². The minimum Gasteiger partial charge on any atom is -0.324 e. The molecule has 1 unspecified atom stereocenters. The zero-order chi connectivity index (χ0) is 12.6. The summed E-state index contributed by atoms with van der Waals surface area (Å²) < 4.78 is 17.3. The summed E-state index contributed by atoms with van der Waals surface area (Å²) in [7, 11) is -3.32. The number of hydrogen-bond acceptors (Lipinski definition) is 2. The van der Waals surface area contributed by atoms with Gasteiger partial charge < -0.3 is 9.42 Å². The average Bonchev–Trinajstić information content (AvgIpc) is 2.35. The Labute approximate surface area is 105 Å². The first kappa shape index (κ1) is 15.2. The standard InChI is InChI=1S/C13H27O3P/c1-2-3-4-5-9-12-16-17(14,15)13-10-7-6-8-11-13/h13H,2-12H2,1H3,(H,14,15). The van der Waals surface area contributed by atoms with Crippen LogP contribution in [0.3, 0.4) is 0 Å². The quantitative estimate of drug-likeness (QED) is 0.517. The molecule has 0 amide bonds. The molecule has 1 rings (SSSR count). The Bertz CT molecular complexity index is 237. The Morgan fingerprint density at radius 3 is 2.41 bits per heavy atom. The zero-order valence-corrected chi connectivity index (χ0v) is 12.0. The summed E-state index contributed by atoms with van der Waals surface area (Å²) in [5.74, 6) is 0. The average molecular weight is 262 g/mol. The van der Waals surface area contributed by atoms with E-state index in [1.165, 1.54) is 25.7 Å². The third-order valence-corrected chi connectivity index (χ3v) is 5.55. The van der Waals surface area contributed by atoms with Crippen LogP contribution in [0, 0.1) is 0 Å². The van der Waals surface area contributed by atoms with Gasteiger partial charge in [0.1, 0.15) is 0 Å². The molecule has 0 aromatic rings. The summed E-state index contributed by atoms with van der Waals surface area (Å²) in [6, 6.07) is 0. The normalized spacial score (nSPS) is 21.3. The lowest BCUT2D eigenvalue weighted by molar-refractivity contribution is 0.237. The van der Waals surface area contributed by atoms with Crippen LogP contribution in [0.25, 0.3) is 0 Å². The van der Waals surface area contributed by atoms with Crippen LogP contribution >= 0.6 is 7.60 Å². The highest BCUT2D eigenvalue weighted by atomic mass is 31.2. The highest BCUT2D eigenvalue weighted by Crippen LogP contribution is 2.52. The van der Waals surface area contributed by atoms with E-state index in [2.05, 4.69) is 6.92 Å². The lowest BCUT2D eigenvalue weighted by atomic mass is 10.0. The van der Waals surface area contributed by atoms with Gasteiger partial charge in [0.05, 0.1) is 12.3 Å². The molecular weight excluding hydrogens is 235 g/mol. The van der Waals surface area contributed by atoms with Gasteiger partial charge in [-0.15, -0.1) is 0 Å². The smallest absolute Gasteiger partial charge is 0.324 e. The molecule has 0 saturated heterocycles. The van der Waals surface area contributed by atoms with Crippen LogP contribution in [-0.2, 0) is 9.09 Å². The van der Waals surface area contributed by atoms with Gasteiger partial charge in [-0.3, -0.25) is 4.57 Å². The van der Waals surface area contributed by atoms with Crippen molar-refractivity contribution in [1.82, 2.24) is 0 Å². The van der Waals surface area contributed by atoms with E-state index in [-0.39, 0.29) is 5.66 Å². The third-order valence-electron chi connectivity index (χ3n) is 3.56. The van der Waals surface area contributed by atoms with E-state index < -0.39 is 7.60 Å². The fourth-order valence-electron chi connectivity index (χ4n) is 2.41. The second kappa shape index (κ2) is 8.29. The highest BCUT2D eigenvalue weighted by molar-refractivity contribution is 7.53. The predicted octanol–water partition coefficient (Wildman–Crippen LogP) is 4.49. The molecule has 0 radical (unpaired) electrons. The summed E-state index contributed by atoms with van der Waals surface area (Å²) in [6.45, 7) is 2.63. The van der Waals surface area contributed by atoms with Gasteiger partial charge in [0.15, 0.2) is 0 Å². The lowest BCUT2D eigenvalue weighted by Gasteiger charge is -2.25. The molecule has 17 heavy (non-hydrogen) atoms. The number of unbranched alkanes of at least 4 members (excludes halogenated alkanes) is 4. The minimum absolute atomic E-state index is 0.0908. The van der Waals surface area contributed by atoms with Crippen LogP contribution in [0.2, 0.25) is 0 Å². The number of hydrogen-bond donors (Lipinski definition) is 1. The Kier molecular flexibility index (Phi) is 7.41. The van der Waals surface area contributed by atoms with Gasteiger partial charge in [0.2, 0.25) is 0 Å². The molecule has 0 spiro atoms. The molecule has 1 aliphatic rings. The molecule has 0 aliphatic heterocycles. The molecule has 0 aromatic heterocycles. The van der Waals surface area contributed by atoms with Crippen LogP contribution in [0.5, 0.6) is 0 Å². The molecule has 1 fully saturated rings. The molecule has 0 bridgehead atoms. The molecule has 1 aliphatic carbocycles. The molecule has 1 atom stereocenters. The van der Waals surface area contributed by atoms with Crippen molar-refractivity contribution in [2.45, 2.75) is 76.8 Å². The van der Waals surface area contributed by atoms with Gasteiger partial charge in [-0.1, -0.05) is 51.9 Å². The Balaban J connectivity index is 2.13. The van der Waals surface area contributed by atoms with E-state index in [4.69, 9.17) is 4.52 Å². The Morgan fingerprint density at radius 2 is 1.76 bits per heavy atom. The van der Waals surface area contributed by atoms with Crippen LogP contribution in [-0.4, -0.2) is 17.2 Å². The van der Waals surface area contributed by atoms with Crippen molar-refractivity contribution in [2.24, 2.45) is 0 Å². The highest BCUT2D eigenvalue weighted by Gasteiger charge is 2.32. The maximum absolute atomic E-state index is 12.0. The molecule has 1 N–H and O–H groups in total. The van der Waals surface area contributed by atoms with Crippen molar-refractivity contribution in [3.8, 4) is 0 Å². The molecular formula is C13H27O3P. The second-order valence-electron chi connectivity index (χ2n) is 5.10. The number of rotatable bonds is 8. The van der Waals surface area contributed by atoms with Gasteiger partial charge in [-0.2, -0.15) is 0 Å². The summed E-state index contributed by atoms with van der Waals surface area (Å²) in [5.41, 5.74) is -0.0908. The van der Waals surface area contributed by atoms with E-state index in [0.29, 0.717) is 6.61 Å². The second-order valence-corrected chi connectivity index (χ2v) is 7.22. The summed E-state index contributed by atoms with van der Waals surface area (Å²) in [5, 5.41) is 0. The largest absolute Gasteiger partial charge is 0.331 e. The van der Waals surface area contributed by atoms with Gasteiger partial charge in [0.25, 0.3) is 0 Å². The van der Waals surface area contributed by atoms with Crippen molar-refractivity contribution in [3.63, 3.8) is 0 Å². The monoisotopic (exact) mass is 262 g/mol. The molecule has 3 nitrogen and oxygen atoms in total. The Morgan fingerprint density at radius 1 is 1.12 bits per heavy atom. The fraction of sp³-hybridized carbons (Fsp3) is 1.00. The molecule has 0 heterocycles. The van der Waals surface area contributed by atoms with E-state index >= 15 is 0 Å². The zero-order valence-electron chi connectivity index (χ0n) is 11.1. The SMILES string of the molecule is CCCCCCCOP(=O)(O)C1CCCCC1. The van der Waals surface area contributed by atoms with Crippen molar-refractivity contribution in [2.75, 3.05) is 6.61 Å². The van der Waals surface area contributed by atoms with Crippen LogP contribution < -0.4 is 0 Å². The topological polar surface area (TPSA) is 46.5 Å². The van der Waals surface area contributed by atoms with Gasteiger partial charge >= 0.3 is 7.60 Å². The van der Waals surface area contributed by atoms with Crippen molar-refractivity contribution in [1.29, 1.82) is 0 Å². The maximum Gasteiger partial charge on any atom is 0.331 e. The first-order valence-corrected chi connectivity index (χ1v) is 8.78. The van der Waals surface area contributed by atoms with E-state index in [1.807, 2.05) is 0 Å². The summed E-state index contributed by atoms with van der Waals surface area (Å²) >= 11 is 0. The third kappa shape index (κ3) is 6.03. The van der Waals surface area contributed by atoms with Gasteiger partial charge in [0, 0.05) is 0 Å². The van der Waals surface area contributed by atoms with Crippen LogP contribution in [0.1, 0.15) is 71.1 Å². The molecule has 4 heteroatoms. The summed E-state index contributed by atoms with van der Waals surface area (Å²) in [4.78, 5) is 9.88. The molecule has 0 aromatic carbocycles. The van der Waals surface area contributed by atoms with Crippen molar-refractivity contribution in [3.05, 3.63) is 0 Å². The summed E-state index contributed by atoms with van der Waals surface area (Å²) in [6.07, 6.45) is 10.8. The fourth-order valence-corrected chi connectivity index (χ4v) is 4.03. The van der Waals surface area contributed by atoms with Crippen molar-refractivity contribution < 1.29 is 14.0 Å². The van der Waals surface area contributed by atoms with E-state index in [1.54, 1.807) is 0 Å². The maximum atomic E-state index is 12.0. The minimum atomic E-state index is -3.32. The van der Waals surface area contributed by atoms with Crippen LogP contribution in [0.15, 0.2) is 0 Å². The first-order valence-electron chi connectivity index (χ1n) is 7.14. The predicted molar refractivity (Wildman–Crippen MR) is 71.4 cm³/mol.